The highest BCUT2D eigenvalue weighted by atomic mass is 35.5. The lowest BCUT2D eigenvalue weighted by Gasteiger charge is -2.49. The van der Waals surface area contributed by atoms with Crippen molar-refractivity contribution in [3.05, 3.63) is 53.1 Å². The molecule has 0 unspecified atom stereocenters. The van der Waals surface area contributed by atoms with E-state index in [1.165, 1.54) is 36.3 Å². The Balaban J connectivity index is 1.00. The van der Waals surface area contributed by atoms with Gasteiger partial charge in [0.2, 0.25) is 5.91 Å². The molecular weight excluding hydrogens is 540 g/mol. The van der Waals surface area contributed by atoms with Crippen LogP contribution in [0.5, 0.6) is 0 Å². The Kier molecular flexibility index (Phi) is 7.83. The number of amides is 4. The highest BCUT2D eigenvalue weighted by Crippen LogP contribution is 2.46. The van der Waals surface area contributed by atoms with Gasteiger partial charge < -0.3 is 15.5 Å². The minimum atomic E-state index is -0.507. The van der Waals surface area contributed by atoms with E-state index >= 15 is 0 Å². The first-order chi connectivity index (χ1) is 19.8. The van der Waals surface area contributed by atoms with Crippen molar-refractivity contribution in [2.45, 2.75) is 51.0 Å². The molecule has 9 nitrogen and oxygen atoms in total. The highest BCUT2D eigenvalue weighted by Gasteiger charge is 2.40. The van der Waals surface area contributed by atoms with Gasteiger partial charge >= 0.3 is 6.03 Å². The summed E-state index contributed by atoms with van der Waals surface area (Å²) in [6.45, 7) is 6.05. The summed E-state index contributed by atoms with van der Waals surface area (Å²) in [5.74, 6) is -0.332. The van der Waals surface area contributed by atoms with Gasteiger partial charge in [0.25, 0.3) is 5.91 Å². The van der Waals surface area contributed by atoms with Gasteiger partial charge in [-0.15, -0.1) is 0 Å². The van der Waals surface area contributed by atoms with Crippen LogP contribution < -0.4 is 20.9 Å². The van der Waals surface area contributed by atoms with Crippen molar-refractivity contribution in [1.82, 2.24) is 15.1 Å². The number of nitrogen functional groups attached to an aromatic ring is 1. The molecule has 1 spiro atoms. The number of benzene rings is 2. The van der Waals surface area contributed by atoms with E-state index in [1.54, 1.807) is 18.2 Å². The Bertz CT molecular complexity index is 1290. The Morgan fingerprint density at radius 3 is 2.22 bits per heavy atom. The summed E-state index contributed by atoms with van der Waals surface area (Å²) >= 11 is 6.39. The molecule has 1 saturated carbocycles. The van der Waals surface area contributed by atoms with Crippen LogP contribution in [0.1, 0.15) is 55.3 Å². The van der Waals surface area contributed by atoms with Crippen LogP contribution in [0.15, 0.2) is 42.5 Å². The molecule has 3 heterocycles. The summed E-state index contributed by atoms with van der Waals surface area (Å²) in [4.78, 5) is 45.9. The van der Waals surface area contributed by atoms with Crippen LogP contribution in [0, 0.1) is 5.41 Å². The van der Waals surface area contributed by atoms with Crippen molar-refractivity contribution in [3.8, 4) is 0 Å². The quantitative estimate of drug-likeness (QED) is 0.523. The molecule has 2 aromatic carbocycles. The molecular formula is C31H39ClN6O3. The third kappa shape index (κ3) is 5.88. The number of halogens is 1. The fourth-order valence-corrected chi connectivity index (χ4v) is 7.34. The van der Waals surface area contributed by atoms with Gasteiger partial charge in [0.1, 0.15) is 0 Å². The van der Waals surface area contributed by atoms with E-state index in [1.807, 2.05) is 17.0 Å². The average Bonchev–Trinajstić information content (AvgIpc) is 2.99. The van der Waals surface area contributed by atoms with Crippen LogP contribution in [0.3, 0.4) is 0 Å². The Morgan fingerprint density at radius 1 is 0.878 bits per heavy atom. The minimum Gasteiger partial charge on any atom is -0.399 e. The molecule has 0 radical (unpaired) electrons. The van der Waals surface area contributed by atoms with Crippen molar-refractivity contribution in [3.63, 3.8) is 0 Å². The van der Waals surface area contributed by atoms with Crippen LogP contribution in [-0.4, -0.2) is 79.5 Å². The van der Waals surface area contributed by atoms with E-state index in [9.17, 15) is 14.4 Å². The lowest BCUT2D eigenvalue weighted by Crippen LogP contribution is -2.52. The van der Waals surface area contributed by atoms with Crippen LogP contribution >= 0.6 is 11.6 Å². The van der Waals surface area contributed by atoms with Gasteiger partial charge in [-0.05, 0) is 86.4 Å². The average molecular weight is 579 g/mol. The van der Waals surface area contributed by atoms with Crippen molar-refractivity contribution < 1.29 is 14.4 Å². The van der Waals surface area contributed by atoms with Crippen LogP contribution in [-0.2, 0) is 4.79 Å². The van der Waals surface area contributed by atoms with Gasteiger partial charge in [-0.25, -0.2) is 4.79 Å². The maximum atomic E-state index is 13.4. The Labute approximate surface area is 246 Å². The number of imide groups is 1. The molecule has 1 aliphatic carbocycles. The molecule has 2 aromatic rings. The van der Waals surface area contributed by atoms with E-state index in [0.29, 0.717) is 27.7 Å². The maximum Gasteiger partial charge on any atom is 0.328 e. The Morgan fingerprint density at radius 2 is 1.56 bits per heavy atom. The lowest BCUT2D eigenvalue weighted by atomic mass is 9.66. The number of hydrogen-bond donors (Lipinski definition) is 2. The molecule has 3 saturated heterocycles. The number of nitrogens with two attached hydrogens (primary N) is 1. The van der Waals surface area contributed by atoms with Crippen LogP contribution in [0.25, 0.3) is 0 Å². The smallest absolute Gasteiger partial charge is 0.328 e. The fraction of sp³-hybridized carbons (Fsp3) is 0.516. The number of anilines is 3. The van der Waals surface area contributed by atoms with Gasteiger partial charge in [-0.1, -0.05) is 11.6 Å². The molecule has 0 aromatic heterocycles. The summed E-state index contributed by atoms with van der Waals surface area (Å²) in [7, 11) is 0. The SMILES string of the molecule is Nc1ccc(N2CCN(C3CCC4(CC3)CCN(C(=O)c3ccc(Cl)c(N5CCC(=O)NC5=O)c3)CC4)CC2)cc1. The largest absolute Gasteiger partial charge is 0.399 e. The molecule has 4 fully saturated rings. The van der Waals surface area contributed by atoms with Crippen LogP contribution in [0.2, 0.25) is 5.02 Å². The zero-order valence-electron chi connectivity index (χ0n) is 23.5. The van der Waals surface area contributed by atoms with E-state index in [2.05, 4.69) is 27.2 Å². The summed E-state index contributed by atoms with van der Waals surface area (Å²) in [6, 6.07) is 13.4. The van der Waals surface area contributed by atoms with Gasteiger partial charge in [-0.2, -0.15) is 0 Å². The predicted molar refractivity (Wildman–Crippen MR) is 161 cm³/mol. The fourth-order valence-electron chi connectivity index (χ4n) is 7.12. The van der Waals surface area contributed by atoms with Crippen molar-refractivity contribution in [1.29, 1.82) is 0 Å². The second kappa shape index (κ2) is 11.5. The van der Waals surface area contributed by atoms with Crippen molar-refractivity contribution in [2.75, 3.05) is 61.3 Å². The number of nitrogens with zero attached hydrogens (tertiary/aromatic N) is 4. The number of rotatable bonds is 4. The predicted octanol–water partition coefficient (Wildman–Crippen LogP) is 4.36. The van der Waals surface area contributed by atoms with Gasteiger partial charge in [-0.3, -0.25) is 24.7 Å². The zero-order chi connectivity index (χ0) is 28.6. The molecule has 4 aliphatic rings. The first kappa shape index (κ1) is 27.8. The van der Waals surface area contributed by atoms with E-state index in [0.717, 1.165) is 57.8 Å². The first-order valence-corrected chi connectivity index (χ1v) is 15.2. The lowest BCUT2D eigenvalue weighted by molar-refractivity contribution is -0.120. The summed E-state index contributed by atoms with van der Waals surface area (Å²) in [5, 5.41) is 2.70. The van der Waals surface area contributed by atoms with Gasteiger partial charge in [0.05, 0.1) is 10.7 Å². The molecule has 10 heteroatoms. The Hall–Kier alpha value is -3.30. The molecule has 3 aliphatic heterocycles. The molecule has 0 bridgehead atoms. The standard InChI is InChI=1S/C31H39ClN6O3/c32-26-6-1-22(21-27(26)38-14-9-28(39)34-30(38)41)29(40)37-15-12-31(13-16-37)10-7-25(8-11-31)36-19-17-35(18-20-36)24-4-2-23(33)3-5-24/h1-6,21,25H,7-20,33H2,(H,34,39,41). The number of carbonyl (C=O) groups is 3. The molecule has 4 amide bonds. The molecule has 218 valence electrons. The normalized spacial score (nSPS) is 22.2. The third-order valence-corrected chi connectivity index (χ3v) is 10.1. The second-order valence-electron chi connectivity index (χ2n) is 12.1. The number of carbonyl (C=O) groups excluding carboxylic acids is 3. The number of piperazine rings is 1. The highest BCUT2D eigenvalue weighted by molar-refractivity contribution is 6.34. The second-order valence-corrected chi connectivity index (χ2v) is 12.5. The number of likely N-dealkylation sites (tertiary alicyclic amines) is 1. The number of nitrogens with one attached hydrogen (secondary N) is 1. The molecule has 3 N–H and O–H groups in total. The number of hydrogen-bond acceptors (Lipinski definition) is 6. The van der Waals surface area contributed by atoms with Gasteiger partial charge in [0.15, 0.2) is 0 Å². The summed E-state index contributed by atoms with van der Waals surface area (Å²) in [6.07, 6.45) is 7.20. The van der Waals surface area contributed by atoms with Crippen LogP contribution in [0.4, 0.5) is 21.9 Å². The molecule has 41 heavy (non-hydrogen) atoms. The number of urea groups is 1. The summed E-state index contributed by atoms with van der Waals surface area (Å²) < 4.78 is 0. The molecule has 0 atom stereocenters. The van der Waals surface area contributed by atoms with Crippen molar-refractivity contribution >= 4 is 46.5 Å². The summed E-state index contributed by atoms with van der Waals surface area (Å²) in [5.41, 5.74) is 9.23. The molecule has 6 rings (SSSR count). The topological polar surface area (TPSA) is 102 Å². The van der Waals surface area contributed by atoms with E-state index < -0.39 is 6.03 Å². The monoisotopic (exact) mass is 578 g/mol. The van der Waals surface area contributed by atoms with Gasteiger partial charge in [0, 0.05) is 75.2 Å². The van der Waals surface area contributed by atoms with Crippen molar-refractivity contribution in [2.24, 2.45) is 5.41 Å². The number of piperidine rings is 1. The first-order valence-electron chi connectivity index (χ1n) is 14.8. The third-order valence-electron chi connectivity index (χ3n) is 9.75. The maximum absolute atomic E-state index is 13.4. The van der Waals surface area contributed by atoms with E-state index in [4.69, 9.17) is 17.3 Å². The van der Waals surface area contributed by atoms with E-state index in [-0.39, 0.29) is 24.8 Å². The minimum absolute atomic E-state index is 0.0288. The zero-order valence-corrected chi connectivity index (χ0v) is 24.2.